The lowest BCUT2D eigenvalue weighted by Gasteiger charge is -2.14. The standard InChI is InChI=1S/C19H21ClN2O/c1-12(2)22-17-7-6-15(20)10-16(17)21-19(22)11-23-18-8-5-13(3)9-14(18)4/h5-10,12H,11H2,1-4H3. The molecule has 1 aromatic heterocycles. The quantitative estimate of drug-likeness (QED) is 0.635. The van der Waals surface area contributed by atoms with Crippen molar-refractivity contribution in [3.05, 3.63) is 58.4 Å². The van der Waals surface area contributed by atoms with E-state index >= 15 is 0 Å². The smallest absolute Gasteiger partial charge is 0.148 e. The summed E-state index contributed by atoms with van der Waals surface area (Å²) in [6.45, 7) is 8.88. The van der Waals surface area contributed by atoms with Gasteiger partial charge >= 0.3 is 0 Å². The highest BCUT2D eigenvalue weighted by Gasteiger charge is 2.14. The first-order valence-corrected chi connectivity index (χ1v) is 8.20. The summed E-state index contributed by atoms with van der Waals surface area (Å²) in [4.78, 5) is 4.71. The molecule has 0 saturated carbocycles. The molecule has 0 fully saturated rings. The number of aromatic nitrogens is 2. The molecular weight excluding hydrogens is 308 g/mol. The van der Waals surface area contributed by atoms with E-state index in [1.165, 1.54) is 5.56 Å². The predicted molar refractivity (Wildman–Crippen MR) is 95.4 cm³/mol. The van der Waals surface area contributed by atoms with Gasteiger partial charge < -0.3 is 9.30 Å². The van der Waals surface area contributed by atoms with Crippen molar-refractivity contribution in [2.24, 2.45) is 0 Å². The highest BCUT2D eigenvalue weighted by Crippen LogP contribution is 2.26. The lowest BCUT2D eigenvalue weighted by molar-refractivity contribution is 0.285. The van der Waals surface area contributed by atoms with Crippen molar-refractivity contribution in [1.82, 2.24) is 9.55 Å². The van der Waals surface area contributed by atoms with Gasteiger partial charge in [-0.25, -0.2) is 4.98 Å². The second-order valence-electron chi connectivity index (χ2n) is 6.18. The number of rotatable bonds is 4. The zero-order valence-corrected chi connectivity index (χ0v) is 14.7. The van der Waals surface area contributed by atoms with Crippen molar-refractivity contribution in [3.8, 4) is 5.75 Å². The van der Waals surface area contributed by atoms with E-state index in [4.69, 9.17) is 21.3 Å². The number of halogens is 1. The largest absolute Gasteiger partial charge is 0.485 e. The monoisotopic (exact) mass is 328 g/mol. The Hall–Kier alpha value is -2.00. The number of benzene rings is 2. The first-order chi connectivity index (χ1) is 11.0. The Morgan fingerprint density at radius 1 is 1.13 bits per heavy atom. The zero-order chi connectivity index (χ0) is 16.6. The van der Waals surface area contributed by atoms with Gasteiger partial charge in [0.2, 0.25) is 0 Å². The molecule has 120 valence electrons. The molecule has 0 bridgehead atoms. The first-order valence-electron chi connectivity index (χ1n) is 7.82. The van der Waals surface area contributed by atoms with E-state index in [9.17, 15) is 0 Å². The third kappa shape index (κ3) is 3.20. The summed E-state index contributed by atoms with van der Waals surface area (Å²) in [6, 6.07) is 12.3. The summed E-state index contributed by atoms with van der Waals surface area (Å²) in [7, 11) is 0. The van der Waals surface area contributed by atoms with E-state index < -0.39 is 0 Å². The Bertz CT molecular complexity index is 852. The van der Waals surface area contributed by atoms with E-state index in [2.05, 4.69) is 44.4 Å². The molecule has 0 atom stereocenters. The van der Waals surface area contributed by atoms with Crippen molar-refractivity contribution in [2.45, 2.75) is 40.3 Å². The second kappa shape index (κ2) is 6.25. The molecule has 23 heavy (non-hydrogen) atoms. The molecule has 3 rings (SSSR count). The van der Waals surface area contributed by atoms with Crippen LogP contribution in [0, 0.1) is 13.8 Å². The van der Waals surface area contributed by atoms with Gasteiger partial charge in [-0.1, -0.05) is 29.3 Å². The summed E-state index contributed by atoms with van der Waals surface area (Å²) in [6.07, 6.45) is 0. The summed E-state index contributed by atoms with van der Waals surface area (Å²) in [5.74, 6) is 1.81. The summed E-state index contributed by atoms with van der Waals surface area (Å²) >= 11 is 6.09. The Kier molecular flexibility index (Phi) is 4.31. The van der Waals surface area contributed by atoms with Gasteiger partial charge in [-0.15, -0.1) is 0 Å². The van der Waals surface area contributed by atoms with Crippen molar-refractivity contribution in [3.63, 3.8) is 0 Å². The lowest BCUT2D eigenvalue weighted by atomic mass is 10.1. The van der Waals surface area contributed by atoms with E-state index in [0.29, 0.717) is 17.7 Å². The number of fused-ring (bicyclic) bond motifs is 1. The van der Waals surface area contributed by atoms with Gasteiger partial charge in [0, 0.05) is 11.1 Å². The topological polar surface area (TPSA) is 27.1 Å². The van der Waals surface area contributed by atoms with Gasteiger partial charge in [-0.05, 0) is 57.5 Å². The van der Waals surface area contributed by atoms with Crippen LogP contribution in [0.25, 0.3) is 11.0 Å². The first kappa shape index (κ1) is 15.9. The fraction of sp³-hybridized carbons (Fsp3) is 0.316. The van der Waals surface area contributed by atoms with Crippen molar-refractivity contribution in [2.75, 3.05) is 0 Å². The minimum absolute atomic E-state index is 0.305. The van der Waals surface area contributed by atoms with E-state index in [1.54, 1.807) is 0 Å². The Morgan fingerprint density at radius 3 is 2.61 bits per heavy atom. The Balaban J connectivity index is 1.94. The molecule has 3 aromatic rings. The fourth-order valence-electron chi connectivity index (χ4n) is 2.90. The van der Waals surface area contributed by atoms with Crippen LogP contribution in [0.3, 0.4) is 0 Å². The molecule has 0 aliphatic heterocycles. The minimum Gasteiger partial charge on any atom is -0.485 e. The lowest BCUT2D eigenvalue weighted by Crippen LogP contribution is -2.09. The van der Waals surface area contributed by atoms with E-state index in [-0.39, 0.29) is 0 Å². The number of imidazole rings is 1. The maximum atomic E-state index is 6.09. The van der Waals surface area contributed by atoms with E-state index in [0.717, 1.165) is 28.2 Å². The van der Waals surface area contributed by atoms with Gasteiger partial charge in [-0.2, -0.15) is 0 Å². The van der Waals surface area contributed by atoms with Gasteiger partial charge in [0.25, 0.3) is 0 Å². The maximum Gasteiger partial charge on any atom is 0.148 e. The van der Waals surface area contributed by atoms with Crippen LogP contribution in [0.2, 0.25) is 5.02 Å². The Morgan fingerprint density at radius 2 is 1.91 bits per heavy atom. The molecular formula is C19H21ClN2O. The summed E-state index contributed by atoms with van der Waals surface area (Å²) in [5, 5.41) is 0.702. The van der Waals surface area contributed by atoms with Crippen molar-refractivity contribution in [1.29, 1.82) is 0 Å². The number of nitrogens with zero attached hydrogens (tertiary/aromatic N) is 2. The van der Waals surface area contributed by atoms with Crippen LogP contribution < -0.4 is 4.74 Å². The van der Waals surface area contributed by atoms with Crippen LogP contribution >= 0.6 is 11.6 Å². The summed E-state index contributed by atoms with van der Waals surface area (Å²) in [5.41, 5.74) is 4.37. The van der Waals surface area contributed by atoms with Crippen LogP contribution in [-0.4, -0.2) is 9.55 Å². The average molecular weight is 329 g/mol. The van der Waals surface area contributed by atoms with Crippen molar-refractivity contribution < 1.29 is 4.74 Å². The van der Waals surface area contributed by atoms with E-state index in [1.807, 2.05) is 24.3 Å². The molecule has 2 aromatic carbocycles. The minimum atomic E-state index is 0.305. The molecule has 1 heterocycles. The molecule has 0 saturated heterocycles. The number of hydrogen-bond donors (Lipinski definition) is 0. The predicted octanol–water partition coefficient (Wildman–Crippen LogP) is 5.47. The van der Waals surface area contributed by atoms with Crippen LogP contribution in [-0.2, 0) is 6.61 Å². The average Bonchev–Trinajstić information content (AvgIpc) is 2.83. The fourth-order valence-corrected chi connectivity index (χ4v) is 3.07. The molecule has 3 nitrogen and oxygen atoms in total. The van der Waals surface area contributed by atoms with Crippen LogP contribution in [0.5, 0.6) is 5.75 Å². The molecule has 0 radical (unpaired) electrons. The molecule has 0 amide bonds. The summed E-state index contributed by atoms with van der Waals surface area (Å²) < 4.78 is 8.22. The third-order valence-corrected chi connectivity index (χ3v) is 4.16. The molecule has 0 aliphatic carbocycles. The molecule has 4 heteroatoms. The zero-order valence-electron chi connectivity index (χ0n) is 13.9. The van der Waals surface area contributed by atoms with Gasteiger partial charge in [0.05, 0.1) is 11.0 Å². The molecule has 0 spiro atoms. The highest BCUT2D eigenvalue weighted by atomic mass is 35.5. The SMILES string of the molecule is Cc1ccc(OCc2nc3cc(Cl)ccc3n2C(C)C)c(C)c1. The maximum absolute atomic E-state index is 6.09. The highest BCUT2D eigenvalue weighted by molar-refractivity contribution is 6.31. The molecule has 0 N–H and O–H groups in total. The Labute approximate surface area is 141 Å². The normalized spacial score (nSPS) is 11.4. The number of ether oxygens (including phenoxy) is 1. The van der Waals surface area contributed by atoms with Gasteiger partial charge in [-0.3, -0.25) is 0 Å². The third-order valence-electron chi connectivity index (χ3n) is 3.93. The van der Waals surface area contributed by atoms with Gasteiger partial charge in [0.15, 0.2) is 0 Å². The van der Waals surface area contributed by atoms with Crippen LogP contribution in [0.4, 0.5) is 0 Å². The van der Waals surface area contributed by atoms with Crippen molar-refractivity contribution >= 4 is 22.6 Å². The second-order valence-corrected chi connectivity index (χ2v) is 6.62. The number of hydrogen-bond acceptors (Lipinski definition) is 2. The van der Waals surface area contributed by atoms with Gasteiger partial charge in [0.1, 0.15) is 18.2 Å². The van der Waals surface area contributed by atoms with Crippen LogP contribution in [0.15, 0.2) is 36.4 Å². The van der Waals surface area contributed by atoms with Crippen LogP contribution in [0.1, 0.15) is 36.8 Å². The molecule has 0 unspecified atom stereocenters. The molecule has 0 aliphatic rings. The number of aryl methyl sites for hydroxylation is 2.